The van der Waals surface area contributed by atoms with Gasteiger partial charge in [0.1, 0.15) is 43.0 Å². The molecule has 80 heavy (non-hydrogen) atoms. The summed E-state index contributed by atoms with van der Waals surface area (Å²) in [4.78, 5) is 100. The molecule has 0 aliphatic carbocycles. The third-order valence-electron chi connectivity index (χ3n) is 14.4. The van der Waals surface area contributed by atoms with Gasteiger partial charge in [0.25, 0.3) is 5.91 Å². The van der Waals surface area contributed by atoms with E-state index in [9.17, 15) is 33.6 Å². The number of hydrogen-bond acceptors (Lipinski definition) is 14. The van der Waals surface area contributed by atoms with Crippen molar-refractivity contribution in [1.29, 1.82) is 0 Å². The van der Waals surface area contributed by atoms with E-state index in [0.29, 0.717) is 42.2 Å². The van der Waals surface area contributed by atoms with E-state index in [-0.39, 0.29) is 60.8 Å². The van der Waals surface area contributed by atoms with E-state index in [0.717, 1.165) is 11.1 Å². The Labute approximate surface area is 484 Å². The highest BCUT2D eigenvalue weighted by Gasteiger charge is 2.56. The van der Waals surface area contributed by atoms with E-state index in [2.05, 4.69) is 50.3 Å². The Hall–Kier alpha value is -6.04. The molecule has 7 amide bonds. The van der Waals surface area contributed by atoms with Crippen LogP contribution in [0.3, 0.4) is 0 Å². The van der Waals surface area contributed by atoms with Gasteiger partial charge >= 0.3 is 12.2 Å². The number of rotatable bonds is 18. The van der Waals surface area contributed by atoms with Gasteiger partial charge in [0.2, 0.25) is 23.6 Å². The normalized spacial score (nSPS) is 23.4. The van der Waals surface area contributed by atoms with Gasteiger partial charge in [-0.05, 0) is 106 Å². The van der Waals surface area contributed by atoms with Crippen molar-refractivity contribution in [3.8, 4) is 23.7 Å². The third-order valence-corrected chi connectivity index (χ3v) is 17.4. The number of hydrogen-bond donors (Lipinski definition) is 5. The Balaban J connectivity index is 1.04. The van der Waals surface area contributed by atoms with E-state index in [1.165, 1.54) is 18.9 Å². The molecule has 10 atom stereocenters. The van der Waals surface area contributed by atoms with E-state index in [1.807, 2.05) is 88.4 Å². The Bertz CT molecular complexity index is 2690. The fraction of sp³-hybridized carbons (Fsp3) is 0.586. The highest BCUT2D eigenvalue weighted by atomic mass is 32.2. The number of nitrogens with zero attached hydrogens (tertiary/aromatic N) is 3. The summed E-state index contributed by atoms with van der Waals surface area (Å²) >= 11 is 8.96. The minimum Gasteiger partial charge on any atom is -0.444 e. The number of thiocarbonyl (C=S) groups is 1. The summed E-state index contributed by atoms with van der Waals surface area (Å²) < 4.78 is 22.6. The van der Waals surface area contributed by atoms with Crippen molar-refractivity contribution in [3.05, 3.63) is 71.8 Å². The van der Waals surface area contributed by atoms with Crippen LogP contribution in [-0.2, 0) is 42.9 Å². The van der Waals surface area contributed by atoms with Crippen LogP contribution in [0.25, 0.3) is 0 Å². The van der Waals surface area contributed by atoms with Crippen molar-refractivity contribution >= 4 is 82.5 Å². The number of thioether (sulfide) groups is 2. The van der Waals surface area contributed by atoms with Crippen molar-refractivity contribution < 1.29 is 52.5 Å². The second-order valence-electron chi connectivity index (χ2n) is 22.7. The molecule has 6 rings (SSSR count). The van der Waals surface area contributed by atoms with Gasteiger partial charge < -0.3 is 60.2 Å². The lowest BCUT2D eigenvalue weighted by Gasteiger charge is -2.36. The molecule has 4 saturated heterocycles. The highest BCUT2D eigenvalue weighted by molar-refractivity contribution is 8.00. The number of nitrogens with one attached hydrogen (secondary N) is 5. The standard InChI is InChI=1S/C58H78N8O11S3/c1-36(64(11)55(73)77-56(3,4)5)51(78)63-41-27-31-80-45-33-58(8,9)47(66(45)53(41)71)50(69)62-43(39-24-18-15-19-25-39)35-75-29-21-13-12-20-28-74-34-42(38-22-16-14-17-23-38)61-49(68)46-57(6,7)32-44-65(46)52(70)40(26-30-79-44)60-48(67)37(2)76-54(72)59-10/h14-19,22-25,36-37,40-47H,26-35H2,1-11H3,(H,59,72)(H,60,67)(H,61,68)(H,62,69)(H,63,78)/t36?,37?,40-,41-,42?,43?,44-,45-,46+,47+/m0/s1. The first-order valence-corrected chi connectivity index (χ1v) is 29.5. The van der Waals surface area contributed by atoms with Crippen LogP contribution < -0.4 is 26.6 Å². The Morgan fingerprint density at radius 2 is 1.18 bits per heavy atom. The Morgan fingerprint density at radius 1 is 0.738 bits per heavy atom. The van der Waals surface area contributed by atoms with Gasteiger partial charge in [0.15, 0.2) is 6.10 Å². The maximum atomic E-state index is 14.6. The summed E-state index contributed by atoms with van der Waals surface area (Å²) in [6.07, 6.45) is -0.439. The van der Waals surface area contributed by atoms with Crippen molar-refractivity contribution in [2.45, 2.75) is 153 Å². The first-order chi connectivity index (χ1) is 37.8. The summed E-state index contributed by atoms with van der Waals surface area (Å²) in [5.41, 5.74) is -0.265. The molecule has 0 radical (unpaired) electrons. The topological polar surface area (TPSA) is 226 Å². The van der Waals surface area contributed by atoms with Crippen molar-refractivity contribution in [3.63, 3.8) is 0 Å². The van der Waals surface area contributed by atoms with Gasteiger partial charge in [-0.15, -0.1) is 23.5 Å². The van der Waals surface area contributed by atoms with Crippen LogP contribution in [0, 0.1) is 34.5 Å². The molecule has 2 aromatic carbocycles. The third kappa shape index (κ3) is 16.6. The van der Waals surface area contributed by atoms with Crippen LogP contribution in [0.2, 0.25) is 0 Å². The van der Waals surface area contributed by atoms with Gasteiger partial charge in [-0.3, -0.25) is 24.0 Å². The molecule has 4 aliphatic rings. The van der Waals surface area contributed by atoms with Crippen LogP contribution >= 0.6 is 35.7 Å². The molecule has 2 aromatic rings. The monoisotopic (exact) mass is 1160 g/mol. The fourth-order valence-corrected chi connectivity index (χ4v) is 13.6. The maximum Gasteiger partial charge on any atom is 0.410 e. The summed E-state index contributed by atoms with van der Waals surface area (Å²) in [5.74, 6) is 10.8. The number of carbonyl (C=O) groups excluding carboxylic acids is 7. The summed E-state index contributed by atoms with van der Waals surface area (Å²) in [5, 5.41) is 14.1. The number of amides is 7. The van der Waals surface area contributed by atoms with Crippen LogP contribution in [0.5, 0.6) is 0 Å². The molecular weight excluding hydrogens is 1080 g/mol. The molecule has 4 unspecified atom stereocenters. The minimum atomic E-state index is -1.14. The molecule has 0 saturated carbocycles. The lowest BCUT2D eigenvalue weighted by Crippen LogP contribution is -2.58. The maximum absolute atomic E-state index is 14.6. The quantitative estimate of drug-likeness (QED) is 0.0687. The zero-order valence-corrected chi connectivity index (χ0v) is 50.1. The minimum absolute atomic E-state index is 0.00296. The molecule has 22 heteroatoms. The molecular formula is C58H78N8O11S3. The highest BCUT2D eigenvalue weighted by Crippen LogP contribution is 2.48. The SMILES string of the molecule is CNC(=O)OC(C)C(=O)N[C@H]1CCS[C@H]2CC(C)(C)[C@@H](C(=O)NC(COCC#CC#CCOCC(NC(=O)[C@H]3N4C(=O)[C@@H](NC(=S)C(C)N(C)C(=O)OC(C)(C)C)CCS[C@H]4CC3(C)C)c3ccccc3)c3ccccc3)N2C1=O. The zero-order valence-electron chi connectivity index (χ0n) is 47.7. The average Bonchev–Trinajstić information content (AvgIpc) is 3.86. The molecule has 4 aliphatic heterocycles. The van der Waals surface area contributed by atoms with Crippen LogP contribution in [0.15, 0.2) is 60.7 Å². The summed E-state index contributed by atoms with van der Waals surface area (Å²) in [6.45, 7) is 16.7. The molecule has 19 nitrogen and oxygen atoms in total. The molecule has 0 spiro atoms. The number of alkyl carbamates (subject to hydrolysis) is 1. The number of likely N-dealkylation sites (N-methyl/N-ethyl adjacent to an activating group) is 1. The van der Waals surface area contributed by atoms with Gasteiger partial charge in [-0.25, -0.2) is 9.59 Å². The molecule has 434 valence electrons. The number of fused-ring (bicyclic) bond motifs is 2. The van der Waals surface area contributed by atoms with Gasteiger partial charge in [0, 0.05) is 14.1 Å². The number of benzene rings is 2. The number of ether oxygens (including phenoxy) is 4. The second kappa shape index (κ2) is 28.1. The smallest absolute Gasteiger partial charge is 0.410 e. The predicted octanol–water partition coefficient (Wildman–Crippen LogP) is 5.69. The van der Waals surface area contributed by atoms with Gasteiger partial charge in [-0.2, -0.15) is 0 Å². The summed E-state index contributed by atoms with van der Waals surface area (Å²) in [7, 11) is 2.99. The van der Waals surface area contributed by atoms with E-state index in [4.69, 9.17) is 31.2 Å². The number of carbonyl (C=O) groups is 7. The average molecular weight is 1160 g/mol. The van der Waals surface area contributed by atoms with Gasteiger partial charge in [0.05, 0.1) is 47.1 Å². The van der Waals surface area contributed by atoms with E-state index < -0.39 is 82.9 Å². The van der Waals surface area contributed by atoms with E-state index in [1.54, 1.807) is 68.1 Å². The van der Waals surface area contributed by atoms with Crippen LogP contribution in [0.4, 0.5) is 9.59 Å². The van der Waals surface area contributed by atoms with Crippen molar-refractivity contribution in [2.75, 3.05) is 52.0 Å². The molecule has 5 N–H and O–H groups in total. The van der Waals surface area contributed by atoms with Crippen LogP contribution in [0.1, 0.15) is 111 Å². The lowest BCUT2D eigenvalue weighted by atomic mass is 9.83. The zero-order chi connectivity index (χ0) is 58.5. The fourth-order valence-electron chi connectivity index (χ4n) is 10.2. The molecule has 4 heterocycles. The molecule has 0 aromatic heterocycles. The first-order valence-electron chi connectivity index (χ1n) is 27.0. The Kier molecular flexibility index (Phi) is 22.2. The van der Waals surface area contributed by atoms with E-state index >= 15 is 0 Å². The first kappa shape index (κ1) is 63.1. The Morgan fingerprint density at radius 3 is 1.60 bits per heavy atom. The lowest BCUT2D eigenvalue weighted by molar-refractivity contribution is -0.144. The summed E-state index contributed by atoms with van der Waals surface area (Å²) in [6, 6.07) is 13.8. The molecule has 4 fully saturated rings. The molecule has 0 bridgehead atoms. The van der Waals surface area contributed by atoms with Gasteiger partial charge in [-0.1, -0.05) is 112 Å². The van der Waals surface area contributed by atoms with Crippen molar-refractivity contribution in [2.24, 2.45) is 10.8 Å². The predicted molar refractivity (Wildman–Crippen MR) is 312 cm³/mol. The van der Waals surface area contributed by atoms with Crippen LogP contribution in [-0.4, -0.2) is 166 Å². The second-order valence-corrected chi connectivity index (χ2v) is 25.7. The largest absolute Gasteiger partial charge is 0.444 e. The van der Waals surface area contributed by atoms with Crippen molar-refractivity contribution in [1.82, 2.24) is 41.3 Å².